The largest absolute Gasteiger partial charge is 0.476 e. The van der Waals surface area contributed by atoms with Crippen LogP contribution in [0.2, 0.25) is 0 Å². The van der Waals surface area contributed by atoms with Crippen LogP contribution in [-0.2, 0) is 0 Å². The van der Waals surface area contributed by atoms with Gasteiger partial charge in [-0.1, -0.05) is 0 Å². The van der Waals surface area contributed by atoms with Crippen LogP contribution in [-0.4, -0.2) is 44.9 Å². The first kappa shape index (κ1) is 13.8. The Morgan fingerprint density at radius 3 is 2.71 bits per heavy atom. The van der Waals surface area contributed by atoms with Gasteiger partial charge in [-0.25, -0.2) is 9.78 Å². The average Bonchev–Trinajstić information content (AvgIpc) is 3.18. The number of likely N-dealkylation sites (tertiary alicyclic amines) is 1. The molecule has 0 aromatic carbocycles. The Morgan fingerprint density at radius 2 is 2.14 bits per heavy atom. The van der Waals surface area contributed by atoms with E-state index in [1.807, 2.05) is 4.90 Å². The van der Waals surface area contributed by atoms with Gasteiger partial charge in [0.25, 0.3) is 5.91 Å². The molecule has 2 aromatic rings. The predicted octanol–water partition coefficient (Wildman–Crippen LogP) is 2.19. The minimum absolute atomic E-state index is 0.0417. The van der Waals surface area contributed by atoms with Gasteiger partial charge in [0.2, 0.25) is 0 Å². The van der Waals surface area contributed by atoms with Crippen molar-refractivity contribution in [2.75, 3.05) is 13.1 Å². The molecule has 3 rings (SSSR count). The lowest BCUT2D eigenvalue weighted by Gasteiger charge is -2.30. The minimum Gasteiger partial charge on any atom is -0.476 e. The topological polar surface area (TPSA) is 86.3 Å². The summed E-state index contributed by atoms with van der Waals surface area (Å²) in [5.74, 6) is -0.698. The van der Waals surface area contributed by atoms with Gasteiger partial charge in [-0.3, -0.25) is 4.79 Å². The van der Waals surface area contributed by atoms with Crippen molar-refractivity contribution in [3.8, 4) is 0 Å². The zero-order chi connectivity index (χ0) is 14.8. The summed E-state index contributed by atoms with van der Waals surface area (Å²) in [5.41, 5.74) is 0.789. The molecule has 0 aliphatic carbocycles. The Kier molecular flexibility index (Phi) is 3.74. The fourth-order valence-electron chi connectivity index (χ4n) is 2.54. The van der Waals surface area contributed by atoms with E-state index in [1.54, 1.807) is 23.8 Å². The van der Waals surface area contributed by atoms with Crippen LogP contribution >= 0.6 is 11.3 Å². The summed E-state index contributed by atoms with van der Waals surface area (Å²) in [5, 5.41) is 11.3. The second-order valence-electron chi connectivity index (χ2n) is 5.04. The van der Waals surface area contributed by atoms with Crippen LogP contribution in [0.25, 0.3) is 0 Å². The highest BCUT2D eigenvalue weighted by Crippen LogP contribution is 2.30. The molecule has 1 aliphatic rings. The number of hydrogen-bond donors (Lipinski definition) is 2. The summed E-state index contributed by atoms with van der Waals surface area (Å²) >= 11 is 1.39. The Morgan fingerprint density at radius 1 is 1.38 bits per heavy atom. The number of rotatable bonds is 3. The molecular formula is C14H15N3O3S. The Bertz CT molecular complexity index is 642. The summed E-state index contributed by atoms with van der Waals surface area (Å²) in [6.07, 6.45) is 5.09. The van der Waals surface area contributed by atoms with Gasteiger partial charge in [-0.05, 0) is 18.9 Å². The maximum atomic E-state index is 12.2. The Balaban J connectivity index is 1.62. The number of carbonyl (C=O) groups is 2. The van der Waals surface area contributed by atoms with Crippen molar-refractivity contribution in [2.45, 2.75) is 18.8 Å². The molecule has 1 aliphatic heterocycles. The van der Waals surface area contributed by atoms with Crippen molar-refractivity contribution >= 4 is 23.2 Å². The molecule has 3 heterocycles. The Hall–Kier alpha value is -2.15. The number of piperidine rings is 1. The predicted molar refractivity (Wildman–Crippen MR) is 77.7 cm³/mol. The molecule has 1 fully saturated rings. The van der Waals surface area contributed by atoms with Crippen LogP contribution in [0, 0.1) is 0 Å². The van der Waals surface area contributed by atoms with E-state index in [1.165, 1.54) is 11.3 Å². The molecule has 7 heteroatoms. The summed E-state index contributed by atoms with van der Waals surface area (Å²) in [6, 6.07) is 1.77. The van der Waals surface area contributed by atoms with Crippen LogP contribution in [0.5, 0.6) is 0 Å². The van der Waals surface area contributed by atoms with Crippen LogP contribution in [0.3, 0.4) is 0 Å². The third-order valence-corrected chi connectivity index (χ3v) is 4.72. The van der Waals surface area contributed by atoms with Crippen molar-refractivity contribution in [3.05, 3.63) is 40.1 Å². The quantitative estimate of drug-likeness (QED) is 0.910. The summed E-state index contributed by atoms with van der Waals surface area (Å²) in [4.78, 5) is 32.0. The van der Waals surface area contributed by atoms with Crippen molar-refractivity contribution in [1.82, 2.24) is 14.9 Å². The normalized spacial score (nSPS) is 16.1. The molecule has 110 valence electrons. The second-order valence-corrected chi connectivity index (χ2v) is 5.93. The fraction of sp³-hybridized carbons (Fsp3) is 0.357. The van der Waals surface area contributed by atoms with Gasteiger partial charge in [-0.15, -0.1) is 11.3 Å². The number of aromatic amines is 1. The lowest BCUT2D eigenvalue weighted by Crippen LogP contribution is -2.37. The molecule has 1 saturated heterocycles. The lowest BCUT2D eigenvalue weighted by molar-refractivity contribution is 0.0690. The van der Waals surface area contributed by atoms with Crippen molar-refractivity contribution in [1.29, 1.82) is 0 Å². The van der Waals surface area contributed by atoms with Gasteiger partial charge in [0.05, 0.1) is 10.6 Å². The second kappa shape index (κ2) is 5.69. The zero-order valence-corrected chi connectivity index (χ0v) is 12.1. The zero-order valence-electron chi connectivity index (χ0n) is 11.3. The van der Waals surface area contributed by atoms with E-state index in [9.17, 15) is 9.59 Å². The van der Waals surface area contributed by atoms with E-state index in [0.717, 1.165) is 17.8 Å². The molecule has 2 N–H and O–H groups in total. The smallest absolute Gasteiger partial charge is 0.355 e. The number of nitrogens with one attached hydrogen (secondary N) is 1. The van der Waals surface area contributed by atoms with E-state index in [4.69, 9.17) is 5.11 Å². The summed E-state index contributed by atoms with van der Waals surface area (Å²) in [6.45, 7) is 1.35. The van der Waals surface area contributed by atoms with E-state index in [-0.39, 0.29) is 17.5 Å². The number of carboxylic acids is 1. The number of thiazole rings is 1. The SMILES string of the molecule is O=C(O)c1csc(C2CCN(C(=O)c3cc[nH]c3)CC2)n1. The molecule has 1 amide bonds. The van der Waals surface area contributed by atoms with Crippen molar-refractivity contribution < 1.29 is 14.7 Å². The third kappa shape index (κ3) is 2.82. The summed E-state index contributed by atoms with van der Waals surface area (Å²) in [7, 11) is 0. The van der Waals surface area contributed by atoms with E-state index in [2.05, 4.69) is 9.97 Å². The number of aromatic nitrogens is 2. The maximum absolute atomic E-state index is 12.2. The fourth-order valence-corrected chi connectivity index (χ4v) is 3.51. The first-order valence-electron chi connectivity index (χ1n) is 6.76. The van der Waals surface area contributed by atoms with Crippen molar-refractivity contribution in [2.24, 2.45) is 0 Å². The van der Waals surface area contributed by atoms with Gasteiger partial charge >= 0.3 is 5.97 Å². The highest BCUT2D eigenvalue weighted by atomic mass is 32.1. The molecule has 2 aromatic heterocycles. The number of hydrogen-bond acceptors (Lipinski definition) is 4. The highest BCUT2D eigenvalue weighted by molar-refractivity contribution is 7.09. The number of aromatic carboxylic acids is 1. The van der Waals surface area contributed by atoms with Crippen LogP contribution in [0.15, 0.2) is 23.8 Å². The van der Waals surface area contributed by atoms with Gasteiger partial charge < -0.3 is 15.0 Å². The molecule has 0 spiro atoms. The maximum Gasteiger partial charge on any atom is 0.355 e. The van der Waals surface area contributed by atoms with E-state index < -0.39 is 5.97 Å². The van der Waals surface area contributed by atoms with Crippen LogP contribution < -0.4 is 0 Å². The minimum atomic E-state index is -0.988. The van der Waals surface area contributed by atoms with Gasteiger partial charge in [0, 0.05) is 36.8 Å². The number of carbonyl (C=O) groups excluding carboxylic acids is 1. The molecule has 0 saturated carbocycles. The van der Waals surface area contributed by atoms with Crippen LogP contribution in [0.4, 0.5) is 0 Å². The van der Waals surface area contributed by atoms with Gasteiger partial charge in [0.1, 0.15) is 0 Å². The first-order chi connectivity index (χ1) is 10.1. The molecule has 0 atom stereocenters. The highest BCUT2D eigenvalue weighted by Gasteiger charge is 2.26. The Labute approximate surface area is 125 Å². The number of nitrogens with zero attached hydrogens (tertiary/aromatic N) is 2. The van der Waals surface area contributed by atoms with Crippen LogP contribution in [0.1, 0.15) is 44.6 Å². The number of amides is 1. The average molecular weight is 305 g/mol. The monoisotopic (exact) mass is 305 g/mol. The number of carboxylic acid groups (broad SMARTS) is 1. The standard InChI is InChI=1S/C14H15N3O3S/c18-13(10-1-4-15-7-10)17-5-2-9(3-6-17)12-16-11(8-21-12)14(19)20/h1,4,7-9,15H,2-3,5-6H2,(H,19,20). The van der Waals surface area contributed by atoms with E-state index in [0.29, 0.717) is 18.7 Å². The molecule has 0 bridgehead atoms. The molecular weight excluding hydrogens is 290 g/mol. The molecule has 6 nitrogen and oxygen atoms in total. The molecule has 0 unspecified atom stereocenters. The molecule has 21 heavy (non-hydrogen) atoms. The third-order valence-electron chi connectivity index (χ3n) is 3.72. The molecule has 0 radical (unpaired) electrons. The number of H-pyrrole nitrogens is 1. The van der Waals surface area contributed by atoms with E-state index >= 15 is 0 Å². The lowest BCUT2D eigenvalue weighted by atomic mass is 9.97. The van der Waals surface area contributed by atoms with Gasteiger partial charge in [-0.2, -0.15) is 0 Å². The van der Waals surface area contributed by atoms with Gasteiger partial charge in [0.15, 0.2) is 5.69 Å². The first-order valence-corrected chi connectivity index (χ1v) is 7.64. The summed E-state index contributed by atoms with van der Waals surface area (Å²) < 4.78 is 0. The van der Waals surface area contributed by atoms with Crippen molar-refractivity contribution in [3.63, 3.8) is 0 Å².